The lowest BCUT2D eigenvalue weighted by Crippen LogP contribution is -2.01. The molecule has 0 amide bonds. The van der Waals surface area contributed by atoms with Gasteiger partial charge in [0.2, 0.25) is 0 Å². The summed E-state index contributed by atoms with van der Waals surface area (Å²) in [6.07, 6.45) is 8.88. The quantitative estimate of drug-likeness (QED) is 0.451. The van der Waals surface area contributed by atoms with Crippen LogP contribution in [-0.4, -0.2) is 18.3 Å². The summed E-state index contributed by atoms with van der Waals surface area (Å²) in [5.41, 5.74) is 1.24. The van der Waals surface area contributed by atoms with Crippen LogP contribution in [0.25, 0.3) is 0 Å². The second-order valence-electron chi connectivity index (χ2n) is 4.51. The van der Waals surface area contributed by atoms with E-state index in [1.807, 2.05) is 0 Å². The maximum atomic E-state index is 8.72. The molecular formula is C14H28O2. The number of hydrogen-bond donors (Lipinski definition) is 1. The van der Waals surface area contributed by atoms with Gasteiger partial charge in [0, 0.05) is 6.42 Å². The highest BCUT2D eigenvalue weighted by Crippen LogP contribution is 2.15. The van der Waals surface area contributed by atoms with Crippen LogP contribution >= 0.6 is 0 Å². The molecule has 2 nitrogen and oxygen atoms in total. The van der Waals surface area contributed by atoms with Gasteiger partial charge in [-0.1, -0.05) is 39.0 Å². The van der Waals surface area contributed by atoms with E-state index in [0.29, 0.717) is 6.61 Å². The maximum absolute atomic E-state index is 8.72. The van der Waals surface area contributed by atoms with Gasteiger partial charge in [0.05, 0.1) is 12.4 Å². The molecule has 0 rings (SSSR count). The molecular weight excluding hydrogens is 200 g/mol. The van der Waals surface area contributed by atoms with Gasteiger partial charge in [0.25, 0.3) is 0 Å². The van der Waals surface area contributed by atoms with E-state index in [4.69, 9.17) is 9.84 Å². The molecule has 0 aromatic carbocycles. The van der Waals surface area contributed by atoms with Gasteiger partial charge in [-0.15, -0.1) is 0 Å². The SMILES string of the molecule is CCCCCCCCC(OCCO)=C(C)C. The van der Waals surface area contributed by atoms with Crippen LogP contribution in [0, 0.1) is 0 Å². The van der Waals surface area contributed by atoms with Crippen molar-refractivity contribution < 1.29 is 9.84 Å². The largest absolute Gasteiger partial charge is 0.496 e. The number of aliphatic hydroxyl groups is 1. The van der Waals surface area contributed by atoms with Crippen LogP contribution < -0.4 is 0 Å². The second-order valence-corrected chi connectivity index (χ2v) is 4.51. The van der Waals surface area contributed by atoms with E-state index < -0.39 is 0 Å². The first kappa shape index (κ1) is 15.5. The van der Waals surface area contributed by atoms with E-state index in [9.17, 15) is 0 Å². The molecule has 96 valence electrons. The molecule has 0 aliphatic carbocycles. The average molecular weight is 228 g/mol. The first-order chi connectivity index (χ1) is 7.72. The minimum atomic E-state index is 0.104. The fourth-order valence-corrected chi connectivity index (χ4v) is 1.70. The van der Waals surface area contributed by atoms with Gasteiger partial charge in [0.15, 0.2) is 0 Å². The Morgan fingerprint density at radius 1 is 1.00 bits per heavy atom. The maximum Gasteiger partial charge on any atom is 0.111 e. The molecule has 0 saturated carbocycles. The summed E-state index contributed by atoms with van der Waals surface area (Å²) in [6, 6.07) is 0. The van der Waals surface area contributed by atoms with Gasteiger partial charge < -0.3 is 9.84 Å². The molecule has 0 bridgehead atoms. The molecule has 0 aliphatic rings. The van der Waals surface area contributed by atoms with Gasteiger partial charge in [-0.25, -0.2) is 0 Å². The molecule has 0 aromatic heterocycles. The standard InChI is InChI=1S/C14H28O2/c1-4-5-6-7-8-9-10-14(13(2)3)16-12-11-15/h15H,4-12H2,1-3H3. The molecule has 0 fully saturated rings. The predicted molar refractivity (Wildman–Crippen MR) is 69.4 cm³/mol. The van der Waals surface area contributed by atoms with Crippen LogP contribution in [0.3, 0.4) is 0 Å². The Hall–Kier alpha value is -0.500. The summed E-state index contributed by atoms with van der Waals surface area (Å²) >= 11 is 0. The minimum absolute atomic E-state index is 0.104. The van der Waals surface area contributed by atoms with Crippen molar-refractivity contribution >= 4 is 0 Å². The molecule has 0 atom stereocenters. The van der Waals surface area contributed by atoms with Gasteiger partial charge >= 0.3 is 0 Å². The monoisotopic (exact) mass is 228 g/mol. The van der Waals surface area contributed by atoms with Crippen molar-refractivity contribution in [3.05, 3.63) is 11.3 Å². The fraction of sp³-hybridized carbons (Fsp3) is 0.857. The normalized spacial score (nSPS) is 10.2. The van der Waals surface area contributed by atoms with Gasteiger partial charge in [-0.3, -0.25) is 0 Å². The summed E-state index contributed by atoms with van der Waals surface area (Å²) < 4.78 is 5.51. The number of rotatable bonds is 10. The van der Waals surface area contributed by atoms with Crippen LogP contribution in [0.4, 0.5) is 0 Å². The number of hydrogen-bond acceptors (Lipinski definition) is 2. The third kappa shape index (κ3) is 8.78. The van der Waals surface area contributed by atoms with E-state index in [0.717, 1.165) is 12.2 Å². The number of allylic oxidation sites excluding steroid dienone is 2. The zero-order valence-electron chi connectivity index (χ0n) is 11.2. The molecule has 0 spiro atoms. The number of ether oxygens (including phenoxy) is 1. The van der Waals surface area contributed by atoms with Crippen molar-refractivity contribution in [2.24, 2.45) is 0 Å². The number of unbranched alkanes of at least 4 members (excludes halogenated alkanes) is 5. The van der Waals surface area contributed by atoms with Crippen molar-refractivity contribution in [3.63, 3.8) is 0 Å². The molecule has 0 aliphatic heterocycles. The Bertz CT molecular complexity index is 181. The third-order valence-corrected chi connectivity index (χ3v) is 2.68. The molecule has 16 heavy (non-hydrogen) atoms. The lowest BCUT2D eigenvalue weighted by Gasteiger charge is -2.11. The van der Waals surface area contributed by atoms with E-state index in [2.05, 4.69) is 20.8 Å². The molecule has 0 aromatic rings. The lowest BCUT2D eigenvalue weighted by atomic mass is 10.1. The Morgan fingerprint density at radius 2 is 1.62 bits per heavy atom. The van der Waals surface area contributed by atoms with E-state index in [-0.39, 0.29) is 6.61 Å². The summed E-state index contributed by atoms with van der Waals surface area (Å²) in [6.45, 7) is 6.92. The van der Waals surface area contributed by atoms with Gasteiger partial charge in [-0.05, 0) is 25.8 Å². The Morgan fingerprint density at radius 3 is 2.19 bits per heavy atom. The molecule has 2 heteroatoms. The van der Waals surface area contributed by atoms with Crippen LogP contribution in [0.1, 0.15) is 65.7 Å². The smallest absolute Gasteiger partial charge is 0.111 e. The second kappa shape index (κ2) is 11.0. The van der Waals surface area contributed by atoms with Crippen LogP contribution in [-0.2, 0) is 4.74 Å². The summed E-state index contributed by atoms with van der Waals surface area (Å²) in [4.78, 5) is 0. The average Bonchev–Trinajstić information content (AvgIpc) is 2.26. The highest BCUT2D eigenvalue weighted by molar-refractivity contribution is 5.02. The first-order valence-corrected chi connectivity index (χ1v) is 6.62. The van der Waals surface area contributed by atoms with E-state index in [1.54, 1.807) is 0 Å². The number of aliphatic hydroxyl groups excluding tert-OH is 1. The van der Waals surface area contributed by atoms with Gasteiger partial charge in [0.1, 0.15) is 6.61 Å². The van der Waals surface area contributed by atoms with Gasteiger partial charge in [-0.2, -0.15) is 0 Å². The molecule has 0 saturated heterocycles. The summed E-state index contributed by atoms with van der Waals surface area (Å²) in [7, 11) is 0. The highest BCUT2D eigenvalue weighted by atomic mass is 16.5. The fourth-order valence-electron chi connectivity index (χ4n) is 1.70. The summed E-state index contributed by atoms with van der Waals surface area (Å²) in [5.74, 6) is 1.07. The Kier molecular flexibility index (Phi) is 10.7. The third-order valence-electron chi connectivity index (χ3n) is 2.68. The van der Waals surface area contributed by atoms with Crippen molar-refractivity contribution in [2.45, 2.75) is 65.7 Å². The van der Waals surface area contributed by atoms with E-state index >= 15 is 0 Å². The zero-order chi connectivity index (χ0) is 12.2. The first-order valence-electron chi connectivity index (χ1n) is 6.62. The van der Waals surface area contributed by atoms with Crippen molar-refractivity contribution in [3.8, 4) is 0 Å². The Balaban J connectivity index is 3.58. The van der Waals surface area contributed by atoms with Crippen LogP contribution in [0.2, 0.25) is 0 Å². The van der Waals surface area contributed by atoms with Crippen molar-refractivity contribution in [2.75, 3.05) is 13.2 Å². The zero-order valence-corrected chi connectivity index (χ0v) is 11.2. The molecule has 0 unspecified atom stereocenters. The van der Waals surface area contributed by atoms with E-state index in [1.165, 1.54) is 44.1 Å². The van der Waals surface area contributed by atoms with Crippen molar-refractivity contribution in [1.82, 2.24) is 0 Å². The van der Waals surface area contributed by atoms with Crippen molar-refractivity contribution in [1.29, 1.82) is 0 Å². The topological polar surface area (TPSA) is 29.5 Å². The molecule has 1 N–H and O–H groups in total. The van der Waals surface area contributed by atoms with Crippen LogP contribution in [0.15, 0.2) is 11.3 Å². The summed E-state index contributed by atoms with van der Waals surface area (Å²) in [5, 5.41) is 8.72. The molecule has 0 heterocycles. The molecule has 0 radical (unpaired) electrons. The minimum Gasteiger partial charge on any atom is -0.496 e. The lowest BCUT2D eigenvalue weighted by molar-refractivity contribution is 0.136. The predicted octanol–water partition coefficient (Wildman–Crippen LogP) is 4.04. The Labute approximate surface area is 101 Å². The van der Waals surface area contributed by atoms with Crippen LogP contribution in [0.5, 0.6) is 0 Å². The highest BCUT2D eigenvalue weighted by Gasteiger charge is 2.01.